The average molecular weight is 485 g/mol. The van der Waals surface area contributed by atoms with Crippen molar-refractivity contribution < 1.29 is 34.5 Å². The summed E-state index contributed by atoms with van der Waals surface area (Å²) in [4.78, 5) is 49.0. The minimum atomic E-state index is -1.41. The number of rotatable bonds is 12. The second kappa shape index (κ2) is 13.0. The first kappa shape index (κ1) is 28.2. The van der Waals surface area contributed by atoms with Crippen molar-refractivity contribution in [2.45, 2.75) is 57.5 Å². The Hall–Kier alpha value is -2.83. The van der Waals surface area contributed by atoms with E-state index in [9.17, 15) is 29.4 Å². The molecule has 0 aliphatic heterocycles. The number of aliphatic hydroxyl groups is 1. The number of aliphatic hydroxyl groups excluding tert-OH is 1. The van der Waals surface area contributed by atoms with Crippen LogP contribution in [0.4, 0.5) is 0 Å². The molecule has 184 valence electrons. The zero-order valence-corrected chi connectivity index (χ0v) is 19.6. The molecule has 0 saturated carbocycles. The zero-order chi connectivity index (χ0) is 25.3. The smallest absolute Gasteiger partial charge is 0.327 e. The van der Waals surface area contributed by atoms with Gasteiger partial charge in [0, 0.05) is 5.75 Å². The maximum atomic E-state index is 12.8. The standard InChI is InChI=1S/C21H32N4O7S/c1-10(2)16(19(29)23-15(9-33)21(31)32)24-20(30)17(11(3)26)25-18(28)14(22)8-12-4-6-13(27)7-5-12/h4-7,10-11,14-17,26-27,33H,8-9,22H2,1-3H3,(H,23,29)(H,24,30)(H,25,28)(H,31,32). The molecule has 33 heavy (non-hydrogen) atoms. The molecule has 0 spiro atoms. The van der Waals surface area contributed by atoms with Gasteiger partial charge in [0.1, 0.15) is 23.9 Å². The van der Waals surface area contributed by atoms with Crippen LogP contribution in [0, 0.1) is 5.92 Å². The third-order valence-electron chi connectivity index (χ3n) is 4.84. The molecule has 5 unspecified atom stereocenters. The molecule has 0 heterocycles. The lowest BCUT2D eigenvalue weighted by molar-refractivity contribution is -0.142. The van der Waals surface area contributed by atoms with E-state index in [1.165, 1.54) is 19.1 Å². The van der Waals surface area contributed by atoms with Crippen molar-refractivity contribution in [2.75, 3.05) is 5.75 Å². The van der Waals surface area contributed by atoms with Gasteiger partial charge in [-0.3, -0.25) is 14.4 Å². The number of carboxylic acid groups (broad SMARTS) is 1. The molecule has 0 fully saturated rings. The number of carbonyl (C=O) groups is 4. The van der Waals surface area contributed by atoms with Gasteiger partial charge in [-0.05, 0) is 37.0 Å². The molecule has 0 aliphatic carbocycles. The van der Waals surface area contributed by atoms with E-state index in [2.05, 4.69) is 28.6 Å². The van der Waals surface area contributed by atoms with Gasteiger partial charge in [-0.2, -0.15) is 12.6 Å². The topological polar surface area (TPSA) is 191 Å². The van der Waals surface area contributed by atoms with E-state index < -0.39 is 59.9 Å². The van der Waals surface area contributed by atoms with E-state index in [4.69, 9.17) is 10.8 Å². The molecule has 0 saturated heterocycles. The number of nitrogens with two attached hydrogens (primary N) is 1. The lowest BCUT2D eigenvalue weighted by Gasteiger charge is -2.28. The van der Waals surface area contributed by atoms with Gasteiger partial charge >= 0.3 is 5.97 Å². The van der Waals surface area contributed by atoms with Gasteiger partial charge in [0.15, 0.2) is 0 Å². The van der Waals surface area contributed by atoms with Crippen LogP contribution in [0.2, 0.25) is 0 Å². The summed E-state index contributed by atoms with van der Waals surface area (Å²) in [6.07, 6.45) is -1.19. The summed E-state index contributed by atoms with van der Waals surface area (Å²) in [6.45, 7) is 4.58. The summed E-state index contributed by atoms with van der Waals surface area (Å²) in [5, 5.41) is 35.6. The van der Waals surface area contributed by atoms with Crippen molar-refractivity contribution in [2.24, 2.45) is 11.7 Å². The number of aromatic hydroxyl groups is 1. The molecule has 1 rings (SSSR count). The van der Waals surface area contributed by atoms with Gasteiger partial charge in [0.25, 0.3) is 0 Å². The third kappa shape index (κ3) is 8.91. The minimum absolute atomic E-state index is 0.0652. The largest absolute Gasteiger partial charge is 0.508 e. The van der Waals surface area contributed by atoms with E-state index in [-0.39, 0.29) is 17.9 Å². The van der Waals surface area contributed by atoms with E-state index in [0.717, 1.165) is 0 Å². The third-order valence-corrected chi connectivity index (χ3v) is 5.20. The molecule has 0 aromatic heterocycles. The molecule has 0 aliphatic rings. The fraction of sp³-hybridized carbons (Fsp3) is 0.524. The fourth-order valence-electron chi connectivity index (χ4n) is 2.87. The minimum Gasteiger partial charge on any atom is -0.508 e. The van der Waals surface area contributed by atoms with Gasteiger partial charge in [-0.15, -0.1) is 0 Å². The lowest BCUT2D eigenvalue weighted by Crippen LogP contribution is -2.61. The molecular weight excluding hydrogens is 452 g/mol. The first-order chi connectivity index (χ1) is 15.4. The Morgan fingerprint density at radius 2 is 1.45 bits per heavy atom. The van der Waals surface area contributed by atoms with Gasteiger partial charge in [-0.1, -0.05) is 26.0 Å². The molecule has 1 aromatic carbocycles. The van der Waals surface area contributed by atoms with Crippen LogP contribution in [0.25, 0.3) is 0 Å². The molecule has 12 heteroatoms. The molecular formula is C21H32N4O7S. The Morgan fingerprint density at radius 3 is 1.91 bits per heavy atom. The molecule has 3 amide bonds. The molecule has 1 aromatic rings. The predicted molar refractivity (Wildman–Crippen MR) is 124 cm³/mol. The average Bonchev–Trinajstić information content (AvgIpc) is 2.74. The maximum absolute atomic E-state index is 12.8. The van der Waals surface area contributed by atoms with Crippen molar-refractivity contribution in [1.29, 1.82) is 0 Å². The van der Waals surface area contributed by atoms with E-state index in [0.29, 0.717) is 5.56 Å². The maximum Gasteiger partial charge on any atom is 0.327 e. The van der Waals surface area contributed by atoms with Crippen molar-refractivity contribution >= 4 is 36.3 Å². The number of thiol groups is 1. The van der Waals surface area contributed by atoms with Crippen LogP contribution < -0.4 is 21.7 Å². The van der Waals surface area contributed by atoms with Crippen LogP contribution in [-0.2, 0) is 25.6 Å². The summed E-state index contributed by atoms with van der Waals surface area (Å²) < 4.78 is 0. The van der Waals surface area contributed by atoms with Crippen LogP contribution in [0.1, 0.15) is 26.3 Å². The highest BCUT2D eigenvalue weighted by atomic mass is 32.1. The Morgan fingerprint density at radius 1 is 0.939 bits per heavy atom. The van der Waals surface area contributed by atoms with Crippen LogP contribution >= 0.6 is 12.6 Å². The quantitative estimate of drug-likeness (QED) is 0.169. The number of carboxylic acids is 1. The molecule has 8 N–H and O–H groups in total. The van der Waals surface area contributed by atoms with Gasteiger partial charge in [0.2, 0.25) is 17.7 Å². The summed E-state index contributed by atoms with van der Waals surface area (Å²) in [5.41, 5.74) is 6.60. The van der Waals surface area contributed by atoms with Crippen molar-refractivity contribution in [1.82, 2.24) is 16.0 Å². The number of phenols is 1. The highest BCUT2D eigenvalue weighted by molar-refractivity contribution is 7.80. The van der Waals surface area contributed by atoms with Crippen molar-refractivity contribution in [3.8, 4) is 5.75 Å². The number of aliphatic carboxylic acids is 1. The number of amides is 3. The van der Waals surface area contributed by atoms with E-state index >= 15 is 0 Å². The summed E-state index contributed by atoms with van der Waals surface area (Å²) in [5.74, 6) is -4.05. The molecule has 0 radical (unpaired) electrons. The van der Waals surface area contributed by atoms with Crippen LogP contribution in [0.3, 0.4) is 0 Å². The van der Waals surface area contributed by atoms with Crippen LogP contribution in [0.5, 0.6) is 5.75 Å². The number of phenolic OH excluding ortho intramolecular Hbond substituents is 1. The predicted octanol–water partition coefficient (Wildman–Crippen LogP) is -1.23. The van der Waals surface area contributed by atoms with Crippen molar-refractivity contribution in [3.63, 3.8) is 0 Å². The Balaban J connectivity index is 2.86. The Labute approximate surface area is 197 Å². The van der Waals surface area contributed by atoms with Crippen LogP contribution in [0.15, 0.2) is 24.3 Å². The van der Waals surface area contributed by atoms with Gasteiger partial charge in [-0.25, -0.2) is 4.79 Å². The number of carbonyl (C=O) groups excluding carboxylic acids is 3. The van der Waals surface area contributed by atoms with E-state index in [1.54, 1.807) is 26.0 Å². The molecule has 5 atom stereocenters. The number of hydrogen-bond acceptors (Lipinski definition) is 8. The number of hydrogen-bond donors (Lipinski definition) is 8. The molecule has 11 nitrogen and oxygen atoms in total. The van der Waals surface area contributed by atoms with Gasteiger partial charge in [0.05, 0.1) is 12.1 Å². The van der Waals surface area contributed by atoms with Crippen LogP contribution in [-0.4, -0.2) is 75.0 Å². The second-order valence-corrected chi connectivity index (χ2v) is 8.38. The molecule has 0 bridgehead atoms. The first-order valence-electron chi connectivity index (χ1n) is 10.3. The van der Waals surface area contributed by atoms with Crippen molar-refractivity contribution in [3.05, 3.63) is 29.8 Å². The lowest BCUT2D eigenvalue weighted by atomic mass is 10.0. The second-order valence-electron chi connectivity index (χ2n) is 8.02. The number of nitrogens with one attached hydrogen (secondary N) is 3. The Bertz CT molecular complexity index is 832. The highest BCUT2D eigenvalue weighted by Gasteiger charge is 2.33. The Kier molecular flexibility index (Phi) is 11.1. The highest BCUT2D eigenvalue weighted by Crippen LogP contribution is 2.11. The monoisotopic (exact) mass is 484 g/mol. The van der Waals surface area contributed by atoms with Gasteiger partial charge < -0.3 is 37.0 Å². The van der Waals surface area contributed by atoms with E-state index in [1.807, 2.05) is 0 Å². The fourth-order valence-corrected chi connectivity index (χ4v) is 3.12. The normalized spacial score (nSPS) is 15.6. The number of benzene rings is 1. The zero-order valence-electron chi connectivity index (χ0n) is 18.7. The summed E-state index contributed by atoms with van der Waals surface area (Å²) in [7, 11) is 0. The summed E-state index contributed by atoms with van der Waals surface area (Å²) in [6, 6.07) is 1.28. The first-order valence-corrected chi connectivity index (χ1v) is 11.0. The summed E-state index contributed by atoms with van der Waals surface area (Å²) >= 11 is 3.89. The SMILES string of the molecule is CC(C)C(NC(=O)C(NC(=O)C(N)Cc1ccc(O)cc1)C(C)O)C(=O)NC(CS)C(=O)O.